The molecule has 4 atom stereocenters. The Labute approximate surface area is 113 Å². The molecule has 2 saturated carbocycles. The monoisotopic (exact) mass is 252 g/mol. The van der Waals surface area contributed by atoms with Crippen LogP contribution < -0.4 is 0 Å². The Bertz CT molecular complexity index is 202. The fraction of sp³-hybridized carbons (Fsp3) is 1.00. The third kappa shape index (κ3) is 3.98. The van der Waals surface area contributed by atoms with E-state index in [0.717, 1.165) is 30.1 Å². The van der Waals surface area contributed by atoms with Crippen LogP contribution in [0.25, 0.3) is 0 Å². The van der Waals surface area contributed by atoms with Crippen molar-refractivity contribution in [2.45, 2.75) is 77.6 Å². The van der Waals surface area contributed by atoms with E-state index in [-0.39, 0.29) is 0 Å². The normalized spacial score (nSPS) is 36.3. The average molecular weight is 252 g/mol. The Kier molecular flexibility index (Phi) is 6.01. The first-order valence-electron chi connectivity index (χ1n) is 8.44. The van der Waals surface area contributed by atoms with E-state index in [9.17, 15) is 0 Å². The minimum absolute atomic E-state index is 0.393. The van der Waals surface area contributed by atoms with Crippen molar-refractivity contribution in [3.8, 4) is 0 Å². The molecule has 1 nitrogen and oxygen atoms in total. The summed E-state index contributed by atoms with van der Waals surface area (Å²) in [6.07, 6.45) is 15.6. The SMILES string of the molecule is CCCCC1CCC(C2CCC(CCCO)C2)C1. The second-order valence-corrected chi connectivity index (χ2v) is 6.89. The predicted octanol–water partition coefficient (Wildman–Crippen LogP) is 4.78. The van der Waals surface area contributed by atoms with E-state index in [4.69, 9.17) is 5.11 Å². The number of aliphatic hydroxyl groups is 1. The molecule has 0 heterocycles. The topological polar surface area (TPSA) is 20.2 Å². The van der Waals surface area contributed by atoms with Gasteiger partial charge in [0.2, 0.25) is 0 Å². The highest BCUT2D eigenvalue weighted by Crippen LogP contribution is 2.46. The molecular formula is C17H32O. The number of unbranched alkanes of at least 4 members (excludes halogenated alkanes) is 1. The molecule has 0 aliphatic heterocycles. The quantitative estimate of drug-likeness (QED) is 0.691. The van der Waals surface area contributed by atoms with Crippen molar-refractivity contribution in [1.29, 1.82) is 0 Å². The zero-order valence-electron chi connectivity index (χ0n) is 12.2. The summed E-state index contributed by atoms with van der Waals surface area (Å²) >= 11 is 0. The first-order valence-corrected chi connectivity index (χ1v) is 8.44. The van der Waals surface area contributed by atoms with Crippen LogP contribution in [0, 0.1) is 23.7 Å². The highest BCUT2D eigenvalue weighted by Gasteiger charge is 2.34. The van der Waals surface area contributed by atoms with Crippen LogP contribution in [0.15, 0.2) is 0 Å². The van der Waals surface area contributed by atoms with E-state index >= 15 is 0 Å². The lowest BCUT2D eigenvalue weighted by Gasteiger charge is -2.19. The van der Waals surface area contributed by atoms with Crippen molar-refractivity contribution >= 4 is 0 Å². The van der Waals surface area contributed by atoms with Crippen molar-refractivity contribution in [2.24, 2.45) is 23.7 Å². The molecular weight excluding hydrogens is 220 g/mol. The van der Waals surface area contributed by atoms with Crippen LogP contribution in [-0.2, 0) is 0 Å². The van der Waals surface area contributed by atoms with Crippen molar-refractivity contribution in [3.05, 3.63) is 0 Å². The lowest BCUT2D eigenvalue weighted by Crippen LogP contribution is -2.09. The molecule has 0 radical (unpaired) electrons. The lowest BCUT2D eigenvalue weighted by atomic mass is 9.87. The van der Waals surface area contributed by atoms with Crippen LogP contribution in [0.5, 0.6) is 0 Å². The van der Waals surface area contributed by atoms with Crippen molar-refractivity contribution in [1.82, 2.24) is 0 Å². The van der Waals surface area contributed by atoms with E-state index in [0.29, 0.717) is 6.61 Å². The van der Waals surface area contributed by atoms with Crippen LogP contribution in [0.4, 0.5) is 0 Å². The first kappa shape index (κ1) is 14.4. The van der Waals surface area contributed by atoms with Gasteiger partial charge in [0.1, 0.15) is 0 Å². The van der Waals surface area contributed by atoms with Gasteiger partial charge in [-0.3, -0.25) is 0 Å². The molecule has 4 unspecified atom stereocenters. The minimum Gasteiger partial charge on any atom is -0.396 e. The smallest absolute Gasteiger partial charge is 0.0431 e. The van der Waals surface area contributed by atoms with Crippen LogP contribution in [0.1, 0.15) is 77.6 Å². The van der Waals surface area contributed by atoms with Crippen LogP contribution in [0.3, 0.4) is 0 Å². The van der Waals surface area contributed by atoms with Crippen LogP contribution in [-0.4, -0.2) is 11.7 Å². The fourth-order valence-electron chi connectivity index (χ4n) is 4.48. The summed E-state index contributed by atoms with van der Waals surface area (Å²) in [5, 5.41) is 8.92. The summed E-state index contributed by atoms with van der Waals surface area (Å²) in [4.78, 5) is 0. The number of aliphatic hydroxyl groups excluding tert-OH is 1. The Morgan fingerprint density at radius 1 is 0.833 bits per heavy atom. The molecule has 0 aromatic heterocycles. The van der Waals surface area contributed by atoms with Gasteiger partial charge in [0, 0.05) is 6.61 Å². The Hall–Kier alpha value is -0.0400. The van der Waals surface area contributed by atoms with E-state index < -0.39 is 0 Å². The molecule has 2 aliphatic carbocycles. The molecule has 0 bridgehead atoms. The molecule has 106 valence electrons. The fourth-order valence-corrected chi connectivity index (χ4v) is 4.48. The maximum Gasteiger partial charge on any atom is 0.0431 e. The summed E-state index contributed by atoms with van der Waals surface area (Å²) in [5.41, 5.74) is 0. The Balaban J connectivity index is 1.67. The lowest BCUT2D eigenvalue weighted by molar-refractivity contribution is 0.266. The molecule has 0 saturated heterocycles. The summed E-state index contributed by atoms with van der Waals surface area (Å²) < 4.78 is 0. The highest BCUT2D eigenvalue weighted by atomic mass is 16.2. The maximum absolute atomic E-state index is 8.92. The van der Waals surface area contributed by atoms with Gasteiger partial charge in [-0.05, 0) is 62.2 Å². The predicted molar refractivity (Wildman–Crippen MR) is 77.5 cm³/mol. The highest BCUT2D eigenvalue weighted by molar-refractivity contribution is 4.86. The second kappa shape index (κ2) is 7.53. The third-order valence-corrected chi connectivity index (χ3v) is 5.57. The molecule has 2 fully saturated rings. The molecule has 1 heteroatoms. The van der Waals surface area contributed by atoms with Crippen molar-refractivity contribution < 1.29 is 5.11 Å². The van der Waals surface area contributed by atoms with Gasteiger partial charge in [-0.1, -0.05) is 39.0 Å². The maximum atomic E-state index is 8.92. The summed E-state index contributed by atoms with van der Waals surface area (Å²) in [6.45, 7) is 2.71. The van der Waals surface area contributed by atoms with Gasteiger partial charge in [0.15, 0.2) is 0 Å². The van der Waals surface area contributed by atoms with Gasteiger partial charge in [-0.25, -0.2) is 0 Å². The van der Waals surface area contributed by atoms with Crippen LogP contribution >= 0.6 is 0 Å². The Morgan fingerprint density at radius 3 is 1.89 bits per heavy atom. The van der Waals surface area contributed by atoms with Gasteiger partial charge in [-0.2, -0.15) is 0 Å². The summed E-state index contributed by atoms with van der Waals surface area (Å²) in [5.74, 6) is 4.11. The number of hydrogen-bond acceptors (Lipinski definition) is 1. The molecule has 0 spiro atoms. The van der Waals surface area contributed by atoms with Gasteiger partial charge >= 0.3 is 0 Å². The summed E-state index contributed by atoms with van der Waals surface area (Å²) in [7, 11) is 0. The van der Waals surface area contributed by atoms with Crippen molar-refractivity contribution in [2.75, 3.05) is 6.61 Å². The minimum atomic E-state index is 0.393. The molecule has 0 aromatic carbocycles. The molecule has 0 amide bonds. The zero-order valence-corrected chi connectivity index (χ0v) is 12.2. The van der Waals surface area contributed by atoms with E-state index in [1.54, 1.807) is 0 Å². The average Bonchev–Trinajstić information content (AvgIpc) is 3.02. The standard InChI is InChI=1S/C17H32O/c1-2-3-5-14-7-9-16(12-14)17-10-8-15(13-17)6-4-11-18/h14-18H,2-13H2,1H3. The first-order chi connectivity index (χ1) is 8.83. The second-order valence-electron chi connectivity index (χ2n) is 6.89. The van der Waals surface area contributed by atoms with E-state index in [1.165, 1.54) is 64.2 Å². The molecule has 18 heavy (non-hydrogen) atoms. The van der Waals surface area contributed by atoms with Gasteiger partial charge in [-0.15, -0.1) is 0 Å². The van der Waals surface area contributed by atoms with E-state index in [2.05, 4.69) is 6.92 Å². The molecule has 0 aromatic rings. The number of rotatable bonds is 7. The van der Waals surface area contributed by atoms with Gasteiger partial charge < -0.3 is 5.11 Å². The molecule has 2 rings (SSSR count). The molecule has 2 aliphatic rings. The molecule has 1 N–H and O–H groups in total. The number of hydrogen-bond donors (Lipinski definition) is 1. The van der Waals surface area contributed by atoms with Crippen molar-refractivity contribution in [3.63, 3.8) is 0 Å². The van der Waals surface area contributed by atoms with Crippen LogP contribution in [0.2, 0.25) is 0 Å². The zero-order chi connectivity index (χ0) is 12.8. The Morgan fingerprint density at radius 2 is 1.39 bits per heavy atom. The van der Waals surface area contributed by atoms with Gasteiger partial charge in [0.25, 0.3) is 0 Å². The largest absolute Gasteiger partial charge is 0.396 e. The summed E-state index contributed by atoms with van der Waals surface area (Å²) in [6, 6.07) is 0. The van der Waals surface area contributed by atoms with Gasteiger partial charge in [0.05, 0.1) is 0 Å². The van der Waals surface area contributed by atoms with E-state index in [1.807, 2.05) is 0 Å². The third-order valence-electron chi connectivity index (χ3n) is 5.57.